The first-order chi connectivity index (χ1) is 15.0. The number of aromatic nitrogens is 3. The van der Waals surface area contributed by atoms with Gasteiger partial charge in [0.2, 0.25) is 0 Å². The second-order valence-electron chi connectivity index (χ2n) is 10.1. The quantitative estimate of drug-likeness (QED) is 0.690. The molecule has 0 radical (unpaired) electrons. The number of urea groups is 1. The molecule has 1 aromatic carbocycles. The second-order valence-corrected chi connectivity index (χ2v) is 10.1. The number of pyridine rings is 1. The van der Waals surface area contributed by atoms with Crippen LogP contribution in [0.15, 0.2) is 42.6 Å². The fourth-order valence-electron chi connectivity index (χ4n) is 6.38. The van der Waals surface area contributed by atoms with Crippen LogP contribution in [0.2, 0.25) is 0 Å². The topological polar surface area (TPSA) is 63.1 Å². The standard InChI is InChI=1S/C24H24FN5O/c25-23-12-24(13-23,14-23)27-21(31)29-7-5-22(15-29)6-8-30-20(22)10-19(28-30)17-9-16-3-1-2-4-18(16)26-11-17/h1-4,9-11H,5-8,12-15H2,(H,27,31). The highest BCUT2D eigenvalue weighted by Crippen LogP contribution is 2.63. The fourth-order valence-corrected chi connectivity index (χ4v) is 6.38. The van der Waals surface area contributed by atoms with Gasteiger partial charge < -0.3 is 10.2 Å². The van der Waals surface area contributed by atoms with Crippen LogP contribution in [0.4, 0.5) is 9.18 Å². The Labute approximate surface area is 179 Å². The first kappa shape index (κ1) is 17.7. The summed E-state index contributed by atoms with van der Waals surface area (Å²) >= 11 is 0. The minimum absolute atomic E-state index is 0.0319. The summed E-state index contributed by atoms with van der Waals surface area (Å²) in [7, 11) is 0. The number of hydrogen-bond donors (Lipinski definition) is 1. The van der Waals surface area contributed by atoms with Crippen LogP contribution in [-0.4, -0.2) is 50.0 Å². The van der Waals surface area contributed by atoms with Gasteiger partial charge in [0, 0.05) is 67.2 Å². The Morgan fingerprint density at radius 2 is 1.90 bits per heavy atom. The van der Waals surface area contributed by atoms with Crippen molar-refractivity contribution in [1.29, 1.82) is 0 Å². The molecule has 6 nitrogen and oxygen atoms in total. The molecule has 1 saturated heterocycles. The molecule has 7 heteroatoms. The van der Waals surface area contributed by atoms with Gasteiger partial charge in [0.1, 0.15) is 5.67 Å². The Hall–Kier alpha value is -2.96. The smallest absolute Gasteiger partial charge is 0.317 e. The number of rotatable bonds is 2. The van der Waals surface area contributed by atoms with Gasteiger partial charge in [0.05, 0.1) is 16.7 Å². The Kier molecular flexibility index (Phi) is 3.22. The summed E-state index contributed by atoms with van der Waals surface area (Å²) in [6.45, 7) is 2.32. The van der Waals surface area contributed by atoms with Gasteiger partial charge in [-0.2, -0.15) is 5.10 Å². The third-order valence-electron chi connectivity index (χ3n) is 7.99. The SMILES string of the molecule is O=C(NC12CC(F)(C1)C2)N1CCC2(CCn3nc(-c4cnc5ccccc5c4)cc32)C1. The zero-order chi connectivity index (χ0) is 20.8. The van der Waals surface area contributed by atoms with Crippen LogP contribution < -0.4 is 5.32 Å². The van der Waals surface area contributed by atoms with Crippen LogP contribution in [0.3, 0.4) is 0 Å². The molecule has 8 rings (SSSR count). The number of alkyl halides is 1. The maximum absolute atomic E-state index is 13.8. The van der Waals surface area contributed by atoms with Crippen molar-refractivity contribution in [2.45, 2.75) is 55.3 Å². The Bertz CT molecular complexity index is 1230. The van der Waals surface area contributed by atoms with Gasteiger partial charge in [-0.3, -0.25) is 9.67 Å². The van der Waals surface area contributed by atoms with Crippen molar-refractivity contribution < 1.29 is 9.18 Å². The van der Waals surface area contributed by atoms with Gasteiger partial charge >= 0.3 is 6.03 Å². The van der Waals surface area contributed by atoms with E-state index in [-0.39, 0.29) is 17.0 Å². The van der Waals surface area contributed by atoms with Gasteiger partial charge in [0.25, 0.3) is 0 Å². The lowest BCUT2D eigenvalue weighted by Crippen LogP contribution is -2.77. The van der Waals surface area contributed by atoms with Gasteiger partial charge in [-0.1, -0.05) is 18.2 Å². The van der Waals surface area contributed by atoms with Crippen molar-refractivity contribution >= 4 is 16.9 Å². The van der Waals surface area contributed by atoms with E-state index in [1.807, 2.05) is 29.3 Å². The van der Waals surface area contributed by atoms with E-state index in [0.29, 0.717) is 25.8 Å². The largest absolute Gasteiger partial charge is 0.332 e. The number of likely N-dealkylation sites (tertiary alicyclic amines) is 1. The molecular weight excluding hydrogens is 393 g/mol. The average molecular weight is 417 g/mol. The molecule has 3 saturated carbocycles. The van der Waals surface area contributed by atoms with Crippen LogP contribution >= 0.6 is 0 Å². The van der Waals surface area contributed by atoms with Crippen molar-refractivity contribution in [3.8, 4) is 11.3 Å². The van der Waals surface area contributed by atoms with Crippen molar-refractivity contribution in [3.05, 3.63) is 48.3 Å². The van der Waals surface area contributed by atoms with E-state index in [1.165, 1.54) is 5.69 Å². The molecule has 3 aliphatic carbocycles. The van der Waals surface area contributed by atoms with E-state index < -0.39 is 5.67 Å². The summed E-state index contributed by atoms with van der Waals surface area (Å²) < 4.78 is 15.9. The lowest BCUT2D eigenvalue weighted by atomic mass is 9.47. The maximum atomic E-state index is 13.8. The van der Waals surface area contributed by atoms with Crippen molar-refractivity contribution in [2.24, 2.45) is 0 Å². The highest BCUT2D eigenvalue weighted by Gasteiger charge is 2.70. The number of halogens is 1. The predicted molar refractivity (Wildman–Crippen MR) is 114 cm³/mol. The molecule has 1 spiro atoms. The molecule has 158 valence electrons. The molecule has 1 N–H and O–H groups in total. The zero-order valence-electron chi connectivity index (χ0n) is 17.3. The molecule has 2 amide bonds. The van der Waals surface area contributed by atoms with Crippen LogP contribution in [0, 0.1) is 0 Å². The minimum Gasteiger partial charge on any atom is -0.332 e. The molecule has 2 aromatic heterocycles. The highest BCUT2D eigenvalue weighted by molar-refractivity contribution is 5.83. The highest BCUT2D eigenvalue weighted by atomic mass is 19.1. The van der Waals surface area contributed by atoms with Crippen molar-refractivity contribution in [3.63, 3.8) is 0 Å². The second kappa shape index (κ2) is 5.64. The number of fused-ring (bicyclic) bond motifs is 3. The number of hydrogen-bond acceptors (Lipinski definition) is 3. The fraction of sp³-hybridized carbons (Fsp3) is 0.458. The van der Waals surface area contributed by atoms with E-state index in [0.717, 1.165) is 48.1 Å². The van der Waals surface area contributed by atoms with Crippen molar-refractivity contribution in [1.82, 2.24) is 25.0 Å². The number of carbonyl (C=O) groups is 1. The van der Waals surface area contributed by atoms with E-state index in [2.05, 4.69) is 33.2 Å². The number of amides is 2. The summed E-state index contributed by atoms with van der Waals surface area (Å²) in [5.41, 5.74) is 2.87. The number of carbonyl (C=O) groups excluding carboxylic acids is 1. The number of aryl methyl sites for hydroxylation is 1. The Morgan fingerprint density at radius 3 is 2.74 bits per heavy atom. The molecule has 4 heterocycles. The summed E-state index contributed by atoms with van der Waals surface area (Å²) in [5, 5.41) is 9.10. The van der Waals surface area contributed by atoms with Crippen LogP contribution in [-0.2, 0) is 12.0 Å². The van der Waals surface area contributed by atoms with Crippen LogP contribution in [0.25, 0.3) is 22.2 Å². The zero-order valence-corrected chi connectivity index (χ0v) is 17.3. The van der Waals surface area contributed by atoms with Crippen LogP contribution in [0.5, 0.6) is 0 Å². The Morgan fingerprint density at radius 1 is 1.10 bits per heavy atom. The molecule has 2 bridgehead atoms. The molecule has 2 aliphatic heterocycles. The summed E-state index contributed by atoms with van der Waals surface area (Å²) in [6.07, 6.45) is 5.31. The first-order valence-electron chi connectivity index (χ1n) is 11.1. The lowest BCUT2D eigenvalue weighted by Gasteiger charge is -2.65. The van der Waals surface area contributed by atoms with Gasteiger partial charge in [-0.15, -0.1) is 0 Å². The number of para-hydroxylation sites is 1. The van der Waals surface area contributed by atoms with E-state index in [1.54, 1.807) is 0 Å². The van der Waals surface area contributed by atoms with Gasteiger partial charge in [0.15, 0.2) is 0 Å². The Balaban J connectivity index is 1.13. The maximum Gasteiger partial charge on any atom is 0.317 e. The lowest BCUT2D eigenvalue weighted by molar-refractivity contribution is -0.163. The van der Waals surface area contributed by atoms with Gasteiger partial charge in [-0.25, -0.2) is 9.18 Å². The number of nitrogens with zero attached hydrogens (tertiary/aromatic N) is 4. The molecule has 1 atom stereocenters. The molecule has 5 aliphatic rings. The molecule has 1 unspecified atom stereocenters. The van der Waals surface area contributed by atoms with Crippen LogP contribution in [0.1, 0.15) is 37.8 Å². The van der Waals surface area contributed by atoms with Crippen molar-refractivity contribution in [2.75, 3.05) is 13.1 Å². The molecular formula is C24H24FN5O. The summed E-state index contributed by atoms with van der Waals surface area (Å²) in [4.78, 5) is 19.4. The van der Waals surface area contributed by atoms with E-state index in [9.17, 15) is 9.18 Å². The predicted octanol–water partition coefficient (Wildman–Crippen LogP) is 3.80. The average Bonchev–Trinajstić information content (AvgIpc) is 3.42. The first-order valence-corrected chi connectivity index (χ1v) is 11.1. The van der Waals surface area contributed by atoms with E-state index in [4.69, 9.17) is 5.10 Å². The molecule has 4 fully saturated rings. The summed E-state index contributed by atoms with van der Waals surface area (Å²) in [6, 6.07) is 12.4. The third-order valence-corrected chi connectivity index (χ3v) is 7.99. The third kappa shape index (κ3) is 2.46. The molecule has 31 heavy (non-hydrogen) atoms. The monoisotopic (exact) mass is 417 g/mol. The van der Waals surface area contributed by atoms with Gasteiger partial charge in [-0.05, 0) is 31.0 Å². The number of benzene rings is 1. The normalized spacial score (nSPS) is 32.7. The number of nitrogens with one attached hydrogen (secondary N) is 1. The molecule has 3 aromatic rings. The summed E-state index contributed by atoms with van der Waals surface area (Å²) in [5.74, 6) is 0. The minimum atomic E-state index is -0.995. The van der Waals surface area contributed by atoms with E-state index >= 15 is 0 Å².